The van der Waals surface area contributed by atoms with E-state index < -0.39 is 12.1 Å². The first-order chi connectivity index (χ1) is 6.07. The lowest BCUT2D eigenvalue weighted by Gasteiger charge is -2.32. The normalized spacial score (nSPS) is 38.5. The number of alkyl halides is 3. The van der Waals surface area contributed by atoms with Crippen LogP contribution in [-0.4, -0.2) is 12.2 Å². The van der Waals surface area contributed by atoms with Crippen LogP contribution in [0.1, 0.15) is 19.3 Å². The lowest BCUT2D eigenvalue weighted by atomic mass is 9.79. The van der Waals surface area contributed by atoms with Crippen LogP contribution in [0.15, 0.2) is 12.3 Å². The molecule has 2 rings (SSSR count). The summed E-state index contributed by atoms with van der Waals surface area (Å²) < 4.78 is 37.1. The number of hydrogen-bond donors (Lipinski definition) is 1. The van der Waals surface area contributed by atoms with Crippen molar-refractivity contribution in [3.8, 4) is 0 Å². The summed E-state index contributed by atoms with van der Waals surface area (Å²) in [5.41, 5.74) is 0. The lowest BCUT2D eigenvalue weighted by molar-refractivity contribution is -0.185. The van der Waals surface area contributed by atoms with E-state index in [1.807, 2.05) is 6.08 Å². The van der Waals surface area contributed by atoms with Crippen molar-refractivity contribution < 1.29 is 13.2 Å². The molecule has 13 heavy (non-hydrogen) atoms. The number of halogens is 3. The maximum atomic E-state index is 12.4. The zero-order chi connectivity index (χ0) is 9.47. The van der Waals surface area contributed by atoms with E-state index in [1.165, 1.54) is 0 Å². The van der Waals surface area contributed by atoms with E-state index in [4.69, 9.17) is 0 Å². The molecule has 1 heterocycles. The van der Waals surface area contributed by atoms with E-state index in [0.717, 1.165) is 0 Å². The summed E-state index contributed by atoms with van der Waals surface area (Å²) in [6.07, 6.45) is 0.830. The van der Waals surface area contributed by atoms with Gasteiger partial charge in [-0.25, -0.2) is 0 Å². The van der Waals surface area contributed by atoms with Gasteiger partial charge in [-0.15, -0.1) is 0 Å². The highest BCUT2D eigenvalue weighted by atomic mass is 19.4. The number of fused-ring (bicyclic) bond motifs is 1. The second-order valence-corrected chi connectivity index (χ2v) is 3.85. The van der Waals surface area contributed by atoms with Gasteiger partial charge in [0.1, 0.15) is 0 Å². The quantitative estimate of drug-likeness (QED) is 0.620. The van der Waals surface area contributed by atoms with Crippen molar-refractivity contribution in [1.29, 1.82) is 0 Å². The Kier molecular flexibility index (Phi) is 2.00. The van der Waals surface area contributed by atoms with E-state index in [2.05, 4.69) is 5.32 Å². The third-order valence-corrected chi connectivity index (χ3v) is 3.02. The molecular weight excluding hydrogens is 179 g/mol. The molecule has 1 N–H and O–H groups in total. The van der Waals surface area contributed by atoms with Crippen molar-refractivity contribution in [1.82, 2.24) is 5.32 Å². The summed E-state index contributed by atoms with van der Waals surface area (Å²) in [6.45, 7) is 0. The molecule has 1 saturated carbocycles. The van der Waals surface area contributed by atoms with Crippen molar-refractivity contribution in [3.63, 3.8) is 0 Å². The molecule has 2 aliphatic rings. The zero-order valence-electron chi connectivity index (χ0n) is 7.14. The monoisotopic (exact) mass is 191 g/mol. The Balaban J connectivity index is 2.01. The predicted molar refractivity (Wildman–Crippen MR) is 42.9 cm³/mol. The van der Waals surface area contributed by atoms with E-state index in [-0.39, 0.29) is 24.8 Å². The van der Waals surface area contributed by atoms with Crippen LogP contribution in [0.4, 0.5) is 13.2 Å². The Morgan fingerprint density at radius 3 is 2.69 bits per heavy atom. The lowest BCUT2D eigenvalue weighted by Crippen LogP contribution is -2.37. The van der Waals surface area contributed by atoms with E-state index in [9.17, 15) is 13.2 Å². The number of nitrogens with one attached hydrogen (secondary N) is 1. The molecule has 0 aromatic rings. The first-order valence-electron chi connectivity index (χ1n) is 4.57. The first kappa shape index (κ1) is 8.91. The Morgan fingerprint density at radius 1 is 1.23 bits per heavy atom. The van der Waals surface area contributed by atoms with Crippen molar-refractivity contribution in [2.24, 2.45) is 11.8 Å². The van der Waals surface area contributed by atoms with Gasteiger partial charge in [0.05, 0.1) is 5.92 Å². The maximum Gasteiger partial charge on any atom is 0.391 e. The van der Waals surface area contributed by atoms with E-state index in [1.54, 1.807) is 6.20 Å². The minimum absolute atomic E-state index is 0.0976. The second kappa shape index (κ2) is 2.93. The zero-order valence-corrected chi connectivity index (χ0v) is 7.14. The predicted octanol–water partition coefficient (Wildman–Crippen LogP) is 2.45. The summed E-state index contributed by atoms with van der Waals surface area (Å²) in [6, 6.07) is 0.263. The molecular formula is C9H12F3N. The van der Waals surface area contributed by atoms with Crippen LogP contribution in [0.3, 0.4) is 0 Å². The van der Waals surface area contributed by atoms with Crippen molar-refractivity contribution in [2.75, 3.05) is 0 Å². The molecule has 0 amide bonds. The second-order valence-electron chi connectivity index (χ2n) is 3.85. The van der Waals surface area contributed by atoms with Crippen LogP contribution >= 0.6 is 0 Å². The molecule has 0 aromatic carbocycles. The van der Waals surface area contributed by atoms with Gasteiger partial charge >= 0.3 is 6.18 Å². The summed E-state index contributed by atoms with van der Waals surface area (Å²) in [7, 11) is 0. The topological polar surface area (TPSA) is 12.0 Å². The molecule has 0 radical (unpaired) electrons. The summed E-state index contributed by atoms with van der Waals surface area (Å²) in [4.78, 5) is 0. The third kappa shape index (κ3) is 1.67. The average molecular weight is 191 g/mol. The van der Waals surface area contributed by atoms with Crippen LogP contribution < -0.4 is 5.32 Å². The van der Waals surface area contributed by atoms with Gasteiger partial charge in [-0.2, -0.15) is 13.2 Å². The highest BCUT2D eigenvalue weighted by Gasteiger charge is 2.44. The van der Waals surface area contributed by atoms with Crippen LogP contribution in [0, 0.1) is 11.8 Å². The standard InChI is InChI=1S/C9H12F3N/c10-9(11,12)7-1-2-8-6(5-7)3-4-13-8/h3-4,6-8,13H,1-2,5H2. The maximum absolute atomic E-state index is 12.4. The fourth-order valence-electron chi connectivity index (χ4n) is 2.23. The van der Waals surface area contributed by atoms with Gasteiger partial charge in [-0.3, -0.25) is 0 Å². The fraction of sp³-hybridized carbons (Fsp3) is 0.778. The smallest absolute Gasteiger partial charge is 0.388 e. The Hall–Kier alpha value is -0.670. The van der Waals surface area contributed by atoms with Crippen LogP contribution in [0.2, 0.25) is 0 Å². The van der Waals surface area contributed by atoms with E-state index in [0.29, 0.717) is 6.42 Å². The van der Waals surface area contributed by atoms with Crippen molar-refractivity contribution in [3.05, 3.63) is 12.3 Å². The molecule has 1 aliphatic heterocycles. The first-order valence-corrected chi connectivity index (χ1v) is 4.57. The third-order valence-electron chi connectivity index (χ3n) is 3.02. The highest BCUT2D eigenvalue weighted by Crippen LogP contribution is 2.41. The molecule has 0 saturated heterocycles. The molecule has 0 bridgehead atoms. The SMILES string of the molecule is FC(F)(F)C1CCC2NC=CC2C1. The van der Waals surface area contributed by atoms with Gasteiger partial charge in [-0.1, -0.05) is 6.08 Å². The largest absolute Gasteiger partial charge is 0.391 e. The summed E-state index contributed by atoms with van der Waals surface area (Å²) in [5.74, 6) is -0.987. The number of rotatable bonds is 0. The average Bonchev–Trinajstić information content (AvgIpc) is 2.47. The minimum atomic E-state index is -4.00. The van der Waals surface area contributed by atoms with Gasteiger partial charge in [0.25, 0.3) is 0 Å². The Morgan fingerprint density at radius 2 is 2.00 bits per heavy atom. The number of hydrogen-bond acceptors (Lipinski definition) is 1. The van der Waals surface area contributed by atoms with Crippen LogP contribution in [-0.2, 0) is 0 Å². The van der Waals surface area contributed by atoms with Crippen molar-refractivity contribution >= 4 is 0 Å². The molecule has 3 unspecified atom stereocenters. The molecule has 1 fully saturated rings. The van der Waals surface area contributed by atoms with Gasteiger partial charge < -0.3 is 5.32 Å². The minimum Gasteiger partial charge on any atom is -0.388 e. The van der Waals surface area contributed by atoms with Crippen molar-refractivity contribution in [2.45, 2.75) is 31.5 Å². The van der Waals surface area contributed by atoms with Crippen LogP contribution in [0.5, 0.6) is 0 Å². The molecule has 0 aromatic heterocycles. The molecule has 0 spiro atoms. The molecule has 3 atom stereocenters. The highest BCUT2D eigenvalue weighted by molar-refractivity contribution is 5.05. The fourth-order valence-corrected chi connectivity index (χ4v) is 2.23. The van der Waals surface area contributed by atoms with Gasteiger partial charge in [0, 0.05) is 6.04 Å². The Bertz CT molecular complexity index is 221. The van der Waals surface area contributed by atoms with Gasteiger partial charge in [0.2, 0.25) is 0 Å². The molecule has 74 valence electrons. The van der Waals surface area contributed by atoms with Gasteiger partial charge in [0.15, 0.2) is 0 Å². The molecule has 1 nitrogen and oxygen atoms in total. The molecule has 1 aliphatic carbocycles. The summed E-state index contributed by atoms with van der Waals surface area (Å²) >= 11 is 0. The van der Waals surface area contributed by atoms with Crippen LogP contribution in [0.25, 0.3) is 0 Å². The van der Waals surface area contributed by atoms with Gasteiger partial charge in [-0.05, 0) is 31.4 Å². The summed E-state index contributed by atoms with van der Waals surface area (Å²) in [5, 5.41) is 3.08. The Labute approximate surface area is 75.0 Å². The van der Waals surface area contributed by atoms with E-state index >= 15 is 0 Å². The molecule has 4 heteroatoms.